The molecular weight excluding hydrogens is 404 g/mol. The summed E-state index contributed by atoms with van der Waals surface area (Å²) in [5.41, 5.74) is 0.0571. The van der Waals surface area contributed by atoms with Gasteiger partial charge in [0.15, 0.2) is 6.61 Å². The second-order valence-electron chi connectivity index (χ2n) is 7.26. The lowest BCUT2D eigenvalue weighted by molar-refractivity contribution is -0.137. The number of rotatable bonds is 5. The first kappa shape index (κ1) is 21.1. The van der Waals surface area contributed by atoms with E-state index in [9.17, 15) is 18.0 Å². The Morgan fingerprint density at radius 3 is 2.50 bits per heavy atom. The van der Waals surface area contributed by atoms with Gasteiger partial charge in [0.05, 0.1) is 10.6 Å². The van der Waals surface area contributed by atoms with Crippen molar-refractivity contribution in [1.29, 1.82) is 0 Å². The highest BCUT2D eigenvalue weighted by Crippen LogP contribution is 2.28. The van der Waals surface area contributed by atoms with Gasteiger partial charge in [-0.25, -0.2) is 13.2 Å². The van der Waals surface area contributed by atoms with Crippen molar-refractivity contribution in [3.63, 3.8) is 0 Å². The summed E-state index contributed by atoms with van der Waals surface area (Å²) in [6.07, 6.45) is 4.57. The maximum atomic E-state index is 12.8. The SMILES string of the molecule is C[C@@H]1CCCCN1C(=O)COC(=O)c1ccc(Cl)c(S(=O)(=O)N2CCCC2)c1. The summed E-state index contributed by atoms with van der Waals surface area (Å²) in [6.45, 7) is 3.16. The van der Waals surface area contributed by atoms with Crippen LogP contribution in [-0.2, 0) is 19.6 Å². The molecule has 2 aliphatic heterocycles. The normalized spacial score (nSPS) is 20.9. The van der Waals surface area contributed by atoms with Crippen molar-refractivity contribution in [3.05, 3.63) is 28.8 Å². The number of ether oxygens (including phenoxy) is 1. The second kappa shape index (κ2) is 8.80. The zero-order chi connectivity index (χ0) is 20.3. The van der Waals surface area contributed by atoms with Crippen LogP contribution in [0.3, 0.4) is 0 Å². The van der Waals surface area contributed by atoms with Crippen molar-refractivity contribution in [3.8, 4) is 0 Å². The van der Waals surface area contributed by atoms with Crippen LogP contribution in [0.25, 0.3) is 0 Å². The van der Waals surface area contributed by atoms with Crippen LogP contribution < -0.4 is 0 Å². The molecule has 0 spiro atoms. The number of amides is 1. The van der Waals surface area contributed by atoms with Crippen molar-refractivity contribution in [2.24, 2.45) is 0 Å². The number of piperidine rings is 1. The molecule has 9 heteroatoms. The fourth-order valence-corrected chi connectivity index (χ4v) is 5.68. The van der Waals surface area contributed by atoms with Gasteiger partial charge in [-0.3, -0.25) is 4.79 Å². The summed E-state index contributed by atoms with van der Waals surface area (Å²) in [6, 6.07) is 4.14. The van der Waals surface area contributed by atoms with Gasteiger partial charge >= 0.3 is 5.97 Å². The first-order chi connectivity index (χ1) is 13.3. The van der Waals surface area contributed by atoms with Gasteiger partial charge in [0.2, 0.25) is 10.0 Å². The fraction of sp³-hybridized carbons (Fsp3) is 0.579. The standard InChI is InChI=1S/C19H25ClN2O5S/c1-14-6-2-3-11-22(14)18(23)13-27-19(24)15-7-8-16(20)17(12-15)28(25,26)21-9-4-5-10-21/h7-8,12,14H,2-6,9-11,13H2,1H3/t14-/m1/s1. The van der Waals surface area contributed by atoms with Crippen LogP contribution in [0.15, 0.2) is 23.1 Å². The summed E-state index contributed by atoms with van der Waals surface area (Å²) in [5, 5.41) is 0.0571. The number of carbonyl (C=O) groups excluding carboxylic acids is 2. The molecule has 2 saturated heterocycles. The van der Waals surface area contributed by atoms with E-state index in [0.29, 0.717) is 19.6 Å². The maximum Gasteiger partial charge on any atom is 0.338 e. The summed E-state index contributed by atoms with van der Waals surface area (Å²) >= 11 is 6.09. The highest BCUT2D eigenvalue weighted by molar-refractivity contribution is 7.89. The Morgan fingerprint density at radius 1 is 1.14 bits per heavy atom. The van der Waals surface area contributed by atoms with Gasteiger partial charge < -0.3 is 9.64 Å². The van der Waals surface area contributed by atoms with Crippen molar-refractivity contribution in [1.82, 2.24) is 9.21 Å². The molecular formula is C19H25ClN2O5S. The molecule has 1 atom stereocenters. The molecule has 3 rings (SSSR count). The zero-order valence-electron chi connectivity index (χ0n) is 15.9. The fourth-order valence-electron chi connectivity index (χ4n) is 3.66. The molecule has 2 aliphatic rings. The molecule has 0 aromatic heterocycles. The molecule has 0 bridgehead atoms. The van der Waals surface area contributed by atoms with Gasteiger partial charge in [-0.15, -0.1) is 0 Å². The Hall–Kier alpha value is -1.64. The molecule has 154 valence electrons. The zero-order valence-corrected chi connectivity index (χ0v) is 17.5. The minimum absolute atomic E-state index is 0.0571. The molecule has 0 unspecified atom stereocenters. The summed E-state index contributed by atoms with van der Waals surface area (Å²) in [7, 11) is -3.76. The number of hydrogen-bond donors (Lipinski definition) is 0. The van der Waals surface area contributed by atoms with Crippen LogP contribution in [0.5, 0.6) is 0 Å². The van der Waals surface area contributed by atoms with Gasteiger partial charge in [0.1, 0.15) is 4.90 Å². The number of nitrogens with zero attached hydrogens (tertiary/aromatic N) is 2. The molecule has 1 amide bonds. The highest BCUT2D eigenvalue weighted by Gasteiger charge is 2.30. The number of likely N-dealkylation sites (tertiary alicyclic amines) is 1. The lowest BCUT2D eigenvalue weighted by Gasteiger charge is -2.33. The smallest absolute Gasteiger partial charge is 0.338 e. The van der Waals surface area contributed by atoms with E-state index in [1.165, 1.54) is 22.5 Å². The van der Waals surface area contributed by atoms with E-state index < -0.39 is 16.0 Å². The van der Waals surface area contributed by atoms with E-state index in [1.54, 1.807) is 4.90 Å². The maximum absolute atomic E-state index is 12.8. The van der Waals surface area contributed by atoms with Gasteiger partial charge in [-0.1, -0.05) is 11.6 Å². The van der Waals surface area contributed by atoms with Crippen LogP contribution >= 0.6 is 11.6 Å². The predicted molar refractivity (Wildman–Crippen MR) is 105 cm³/mol. The number of benzene rings is 1. The number of sulfonamides is 1. The van der Waals surface area contributed by atoms with Gasteiger partial charge in [0, 0.05) is 25.7 Å². The average Bonchev–Trinajstić information content (AvgIpc) is 3.22. The summed E-state index contributed by atoms with van der Waals surface area (Å²) in [4.78, 5) is 26.3. The van der Waals surface area contributed by atoms with Crippen molar-refractivity contribution in [2.75, 3.05) is 26.2 Å². The quantitative estimate of drug-likeness (QED) is 0.673. The minimum atomic E-state index is -3.76. The van der Waals surface area contributed by atoms with Gasteiger partial charge in [-0.2, -0.15) is 4.31 Å². The molecule has 7 nitrogen and oxygen atoms in total. The highest BCUT2D eigenvalue weighted by atomic mass is 35.5. The molecule has 0 saturated carbocycles. The topological polar surface area (TPSA) is 84.0 Å². The van der Waals surface area contributed by atoms with Crippen LogP contribution in [0.2, 0.25) is 5.02 Å². The largest absolute Gasteiger partial charge is 0.452 e. The van der Waals surface area contributed by atoms with E-state index in [0.717, 1.165) is 32.1 Å². The second-order valence-corrected chi connectivity index (χ2v) is 9.58. The Labute approximate surface area is 170 Å². The Bertz CT molecular complexity index is 852. The molecule has 1 aromatic rings. The molecule has 2 heterocycles. The van der Waals surface area contributed by atoms with Crippen LogP contribution in [0.4, 0.5) is 0 Å². The molecule has 0 N–H and O–H groups in total. The molecule has 0 radical (unpaired) electrons. The number of esters is 1. The van der Waals surface area contributed by atoms with Crippen molar-refractivity contribution < 1.29 is 22.7 Å². The minimum Gasteiger partial charge on any atom is -0.452 e. The first-order valence-corrected chi connectivity index (χ1v) is 11.4. The van der Waals surface area contributed by atoms with Crippen LogP contribution in [-0.4, -0.2) is 61.8 Å². The Kier molecular flexibility index (Phi) is 6.62. The van der Waals surface area contributed by atoms with Crippen LogP contribution in [0, 0.1) is 0 Å². The summed E-state index contributed by atoms with van der Waals surface area (Å²) in [5.74, 6) is -0.980. The molecule has 1 aromatic carbocycles. The van der Waals surface area contributed by atoms with Crippen molar-refractivity contribution in [2.45, 2.75) is 50.0 Å². The molecule has 28 heavy (non-hydrogen) atoms. The van der Waals surface area contributed by atoms with E-state index >= 15 is 0 Å². The van der Waals surface area contributed by atoms with Gasteiger partial charge in [-0.05, 0) is 57.2 Å². The Morgan fingerprint density at radius 2 is 1.82 bits per heavy atom. The number of hydrogen-bond acceptors (Lipinski definition) is 5. The van der Waals surface area contributed by atoms with E-state index in [2.05, 4.69) is 0 Å². The predicted octanol–water partition coefficient (Wildman–Crippen LogP) is 2.68. The molecule has 0 aliphatic carbocycles. The monoisotopic (exact) mass is 428 g/mol. The summed E-state index contributed by atoms with van der Waals surface area (Å²) < 4.78 is 32.0. The number of halogens is 1. The lowest BCUT2D eigenvalue weighted by Crippen LogP contribution is -2.44. The third-order valence-electron chi connectivity index (χ3n) is 5.30. The van der Waals surface area contributed by atoms with Gasteiger partial charge in [0.25, 0.3) is 5.91 Å². The molecule has 2 fully saturated rings. The number of carbonyl (C=O) groups is 2. The van der Waals surface area contributed by atoms with E-state index in [4.69, 9.17) is 16.3 Å². The third kappa shape index (κ3) is 4.50. The van der Waals surface area contributed by atoms with E-state index in [-0.39, 0.29) is 34.0 Å². The lowest BCUT2D eigenvalue weighted by atomic mass is 10.0. The Balaban J connectivity index is 1.69. The van der Waals surface area contributed by atoms with Crippen molar-refractivity contribution >= 4 is 33.5 Å². The van der Waals surface area contributed by atoms with Crippen LogP contribution in [0.1, 0.15) is 49.4 Å². The average molecular weight is 429 g/mol. The first-order valence-electron chi connectivity index (χ1n) is 9.57. The van der Waals surface area contributed by atoms with E-state index in [1.807, 2.05) is 6.92 Å². The third-order valence-corrected chi connectivity index (χ3v) is 7.68.